The van der Waals surface area contributed by atoms with Crippen molar-refractivity contribution < 1.29 is 0 Å². The number of pyridine rings is 1. The number of aromatic nitrogens is 2. The first kappa shape index (κ1) is 10.4. The smallest absolute Gasteiger partial charge is 0.120 e. The molecule has 16 heavy (non-hydrogen) atoms. The monoisotopic (exact) mass is 211 g/mol. The van der Waals surface area contributed by atoms with Gasteiger partial charge < -0.3 is 4.57 Å². The molecule has 0 fully saturated rings. The minimum Gasteiger partial charge on any atom is -0.336 e. The van der Waals surface area contributed by atoms with Crippen LogP contribution < -0.4 is 0 Å². The van der Waals surface area contributed by atoms with Crippen LogP contribution in [0.15, 0.2) is 36.5 Å². The fourth-order valence-corrected chi connectivity index (χ4v) is 1.74. The lowest BCUT2D eigenvalue weighted by atomic mass is 10.2. The van der Waals surface area contributed by atoms with Crippen molar-refractivity contribution in [3.63, 3.8) is 0 Å². The summed E-state index contributed by atoms with van der Waals surface area (Å²) in [7, 11) is 0. The van der Waals surface area contributed by atoms with Crippen molar-refractivity contribution in [3.8, 4) is 6.07 Å². The van der Waals surface area contributed by atoms with Gasteiger partial charge in [0.2, 0.25) is 0 Å². The summed E-state index contributed by atoms with van der Waals surface area (Å²) in [5.41, 5.74) is 2.89. The molecule has 2 heterocycles. The second kappa shape index (κ2) is 4.63. The lowest BCUT2D eigenvalue weighted by Crippen LogP contribution is -2.06. The van der Waals surface area contributed by atoms with E-state index < -0.39 is 0 Å². The minimum absolute atomic E-state index is 0.716. The molecule has 0 N–H and O–H groups in total. The molecule has 2 rings (SSSR count). The Hall–Kier alpha value is -2.08. The SMILES string of the molecule is Cc1ccc(C#N)n1CCc1ccccn1. The third kappa shape index (κ3) is 2.12. The van der Waals surface area contributed by atoms with Crippen molar-refractivity contribution >= 4 is 0 Å². The maximum atomic E-state index is 8.94. The highest BCUT2D eigenvalue weighted by atomic mass is 15.0. The highest BCUT2D eigenvalue weighted by molar-refractivity contribution is 5.26. The van der Waals surface area contributed by atoms with E-state index in [1.165, 1.54) is 0 Å². The molecule has 0 radical (unpaired) electrons. The number of nitriles is 1. The predicted octanol–water partition coefficient (Wildman–Crippen LogP) is 2.31. The summed E-state index contributed by atoms with van der Waals surface area (Å²) in [6, 6.07) is 11.9. The highest BCUT2D eigenvalue weighted by Crippen LogP contribution is 2.08. The first-order valence-corrected chi connectivity index (χ1v) is 5.27. The summed E-state index contributed by atoms with van der Waals surface area (Å²) in [6.07, 6.45) is 2.65. The van der Waals surface area contributed by atoms with Crippen LogP contribution in [-0.4, -0.2) is 9.55 Å². The third-order valence-corrected chi connectivity index (χ3v) is 2.63. The molecule has 0 saturated carbocycles. The molecule has 2 aromatic rings. The topological polar surface area (TPSA) is 41.6 Å². The normalized spacial score (nSPS) is 10.0. The quantitative estimate of drug-likeness (QED) is 0.781. The first-order chi connectivity index (χ1) is 7.81. The standard InChI is InChI=1S/C13H13N3/c1-11-5-6-13(10-14)16(11)9-7-12-4-2-3-8-15-12/h2-6,8H,7,9H2,1H3. The van der Waals surface area contributed by atoms with Crippen LogP contribution in [0.3, 0.4) is 0 Å². The molecule has 80 valence electrons. The summed E-state index contributed by atoms with van der Waals surface area (Å²) < 4.78 is 2.02. The summed E-state index contributed by atoms with van der Waals surface area (Å²) in [6.45, 7) is 2.82. The summed E-state index contributed by atoms with van der Waals surface area (Å²) in [5, 5.41) is 8.94. The van der Waals surface area contributed by atoms with Gasteiger partial charge in [0.15, 0.2) is 0 Å². The lowest BCUT2D eigenvalue weighted by Gasteiger charge is -2.07. The van der Waals surface area contributed by atoms with Crippen LogP contribution in [0.1, 0.15) is 17.1 Å². The van der Waals surface area contributed by atoms with Gasteiger partial charge >= 0.3 is 0 Å². The van der Waals surface area contributed by atoms with Gasteiger partial charge in [0.05, 0.1) is 0 Å². The summed E-state index contributed by atoms with van der Waals surface area (Å²) in [4.78, 5) is 4.27. The van der Waals surface area contributed by atoms with E-state index in [1.54, 1.807) is 6.20 Å². The summed E-state index contributed by atoms with van der Waals surface area (Å²) in [5.74, 6) is 0. The van der Waals surface area contributed by atoms with Gasteiger partial charge in [-0.1, -0.05) is 6.07 Å². The highest BCUT2D eigenvalue weighted by Gasteiger charge is 2.04. The van der Waals surface area contributed by atoms with Crippen LogP contribution >= 0.6 is 0 Å². The number of aryl methyl sites for hydroxylation is 2. The van der Waals surface area contributed by atoms with Crippen molar-refractivity contribution in [2.24, 2.45) is 0 Å². The maximum Gasteiger partial charge on any atom is 0.120 e. The Labute approximate surface area is 95.0 Å². The maximum absolute atomic E-state index is 8.94. The molecule has 0 aliphatic heterocycles. The van der Waals surface area contributed by atoms with Gasteiger partial charge in [-0.3, -0.25) is 4.98 Å². The Kier molecular flexibility index (Phi) is 3.02. The molecule has 0 spiro atoms. The molecule has 0 saturated heterocycles. The number of hydrogen-bond donors (Lipinski definition) is 0. The number of rotatable bonds is 3. The molecule has 0 atom stereocenters. The van der Waals surface area contributed by atoms with E-state index in [4.69, 9.17) is 5.26 Å². The van der Waals surface area contributed by atoms with Crippen LogP contribution in [0.5, 0.6) is 0 Å². The fourth-order valence-electron chi connectivity index (χ4n) is 1.74. The number of hydrogen-bond acceptors (Lipinski definition) is 2. The van der Waals surface area contributed by atoms with Crippen molar-refractivity contribution in [2.45, 2.75) is 19.9 Å². The molecule has 0 unspecified atom stereocenters. The van der Waals surface area contributed by atoms with Crippen molar-refractivity contribution in [2.75, 3.05) is 0 Å². The largest absolute Gasteiger partial charge is 0.336 e. The van der Waals surface area contributed by atoms with Gasteiger partial charge in [-0.25, -0.2) is 0 Å². The zero-order valence-corrected chi connectivity index (χ0v) is 9.22. The molecule has 0 aromatic carbocycles. The van der Waals surface area contributed by atoms with Gasteiger partial charge in [-0.15, -0.1) is 0 Å². The Balaban J connectivity index is 2.11. The minimum atomic E-state index is 0.716. The van der Waals surface area contributed by atoms with E-state index in [0.29, 0.717) is 5.69 Å². The first-order valence-electron chi connectivity index (χ1n) is 5.27. The second-order valence-electron chi connectivity index (χ2n) is 3.69. The van der Waals surface area contributed by atoms with Crippen LogP contribution in [-0.2, 0) is 13.0 Å². The molecule has 0 amide bonds. The zero-order valence-electron chi connectivity index (χ0n) is 9.22. The van der Waals surface area contributed by atoms with Gasteiger partial charge in [0.25, 0.3) is 0 Å². The zero-order chi connectivity index (χ0) is 11.4. The molecular formula is C13H13N3. The molecule has 3 heteroatoms. The van der Waals surface area contributed by atoms with E-state index in [0.717, 1.165) is 24.4 Å². The second-order valence-corrected chi connectivity index (χ2v) is 3.69. The van der Waals surface area contributed by atoms with Crippen molar-refractivity contribution in [3.05, 3.63) is 53.6 Å². The van der Waals surface area contributed by atoms with Crippen LogP contribution in [0, 0.1) is 18.3 Å². The Morgan fingerprint density at radius 3 is 2.88 bits per heavy atom. The van der Waals surface area contributed by atoms with Gasteiger partial charge in [-0.2, -0.15) is 5.26 Å². The summed E-state index contributed by atoms with van der Waals surface area (Å²) >= 11 is 0. The number of nitrogens with zero attached hydrogens (tertiary/aromatic N) is 3. The molecular weight excluding hydrogens is 198 g/mol. The predicted molar refractivity (Wildman–Crippen MR) is 61.8 cm³/mol. The Morgan fingerprint density at radius 2 is 2.19 bits per heavy atom. The van der Waals surface area contributed by atoms with Crippen molar-refractivity contribution in [1.29, 1.82) is 5.26 Å². The molecule has 2 aromatic heterocycles. The average Bonchev–Trinajstić information content (AvgIpc) is 2.69. The van der Waals surface area contributed by atoms with Crippen LogP contribution in [0.4, 0.5) is 0 Å². The van der Waals surface area contributed by atoms with Gasteiger partial charge in [0.1, 0.15) is 11.8 Å². The van der Waals surface area contributed by atoms with Gasteiger partial charge in [-0.05, 0) is 31.2 Å². The molecule has 0 aliphatic carbocycles. The van der Waals surface area contributed by atoms with E-state index in [1.807, 2.05) is 41.8 Å². The van der Waals surface area contributed by atoms with Crippen molar-refractivity contribution in [1.82, 2.24) is 9.55 Å². The van der Waals surface area contributed by atoms with E-state index in [9.17, 15) is 0 Å². The lowest BCUT2D eigenvalue weighted by molar-refractivity contribution is 0.665. The molecule has 0 aliphatic rings. The van der Waals surface area contributed by atoms with Gasteiger partial charge in [0, 0.05) is 30.6 Å². The van der Waals surface area contributed by atoms with Crippen LogP contribution in [0.2, 0.25) is 0 Å². The van der Waals surface area contributed by atoms with E-state index in [2.05, 4.69) is 11.1 Å². The Bertz CT molecular complexity index is 506. The molecule has 3 nitrogen and oxygen atoms in total. The fraction of sp³-hybridized carbons (Fsp3) is 0.231. The molecule has 0 bridgehead atoms. The Morgan fingerprint density at radius 1 is 1.31 bits per heavy atom. The van der Waals surface area contributed by atoms with Crippen LogP contribution in [0.25, 0.3) is 0 Å². The van der Waals surface area contributed by atoms with E-state index >= 15 is 0 Å². The third-order valence-electron chi connectivity index (χ3n) is 2.63. The van der Waals surface area contributed by atoms with E-state index in [-0.39, 0.29) is 0 Å². The average molecular weight is 211 g/mol.